The van der Waals surface area contributed by atoms with E-state index in [0.29, 0.717) is 27.9 Å². The number of rotatable bonds is 1. The number of carbonyl (C=O) groups excluding carboxylic acids is 1. The van der Waals surface area contributed by atoms with Crippen molar-refractivity contribution in [3.8, 4) is 0 Å². The van der Waals surface area contributed by atoms with E-state index < -0.39 is 0 Å². The quantitative estimate of drug-likeness (QED) is 0.315. The van der Waals surface area contributed by atoms with Gasteiger partial charge in [-0.05, 0) is 0 Å². The molecule has 0 aromatic carbocycles. The zero-order valence-electron chi connectivity index (χ0n) is 3.19. The van der Waals surface area contributed by atoms with Crippen molar-refractivity contribution in [2.24, 2.45) is 0 Å². The molecular weight excluding hydrogens is 75.0 g/mol. The van der Waals surface area contributed by atoms with Crippen LogP contribution in [0.25, 0.3) is 0 Å². The predicted octanol–water partition coefficient (Wildman–Crippen LogP) is -0.133. The summed E-state index contributed by atoms with van der Waals surface area (Å²) in [5.74, 6) is 0. The minimum absolute atomic E-state index is 0.157. The first-order valence-corrected chi connectivity index (χ1v) is 2.40. The van der Waals surface area contributed by atoms with Crippen molar-refractivity contribution >= 4 is 31.0 Å². The molecule has 0 amide bonds. The summed E-state index contributed by atoms with van der Waals surface area (Å²) in [6.45, 7) is 3.25. The van der Waals surface area contributed by atoms with Gasteiger partial charge >= 0.3 is 48.4 Å². The molecule has 0 aromatic heterocycles. The van der Waals surface area contributed by atoms with Crippen LogP contribution in [0, 0.1) is 0 Å². The van der Waals surface area contributed by atoms with E-state index in [2.05, 4.69) is 6.58 Å². The third-order valence-electron chi connectivity index (χ3n) is 0.287. The van der Waals surface area contributed by atoms with Gasteiger partial charge in [0.15, 0.2) is 0 Å². The Labute approximate surface area is 48.5 Å². The molecule has 0 rings (SSSR count). The molecule has 0 bridgehead atoms. The van der Waals surface area contributed by atoms with Gasteiger partial charge in [0.05, 0.1) is 0 Å². The van der Waals surface area contributed by atoms with E-state index in [-0.39, 0.29) is 3.03 Å². The average Bonchev–Trinajstić information content (AvgIpc) is 1.38. The van der Waals surface area contributed by atoms with Crippen molar-refractivity contribution in [1.82, 2.24) is 0 Å². The molecule has 0 radical (unpaired) electrons. The van der Waals surface area contributed by atoms with Gasteiger partial charge in [-0.25, -0.2) is 0 Å². The van der Waals surface area contributed by atoms with Gasteiger partial charge in [-0.3, -0.25) is 0 Å². The zero-order valence-corrected chi connectivity index (χ0v) is 5.19. The van der Waals surface area contributed by atoms with Gasteiger partial charge in [-0.2, -0.15) is 0 Å². The van der Waals surface area contributed by atoms with Gasteiger partial charge < -0.3 is 0 Å². The Kier molecular flexibility index (Phi) is 2.85. The fourth-order valence-electron chi connectivity index (χ4n) is 0. The molecule has 22 valence electrons. The molecule has 0 N–H and O–H groups in total. The summed E-state index contributed by atoms with van der Waals surface area (Å²) < 4.78 is 0.157. The zero-order chi connectivity index (χ0) is 4.28. The molecular formula is C3H3NaO. The fourth-order valence-corrected chi connectivity index (χ4v) is 0. The first-order valence-electron chi connectivity index (χ1n) is 1.40. The van der Waals surface area contributed by atoms with Crippen LogP contribution in [-0.4, -0.2) is 31.0 Å². The summed E-state index contributed by atoms with van der Waals surface area (Å²) in [6, 6.07) is 0. The number of allylic oxidation sites excluding steroid dienone is 1. The maximum absolute atomic E-state index is 9.76. The molecule has 0 aromatic rings. The minimum atomic E-state index is 0.157. The van der Waals surface area contributed by atoms with Gasteiger partial charge in [0.1, 0.15) is 0 Å². The van der Waals surface area contributed by atoms with Gasteiger partial charge in [0.25, 0.3) is 0 Å². The van der Waals surface area contributed by atoms with Crippen LogP contribution < -0.4 is 0 Å². The van der Waals surface area contributed by atoms with Crippen LogP contribution >= 0.6 is 0 Å². The second-order valence-electron chi connectivity index (χ2n) is 0.815. The predicted molar refractivity (Wildman–Crippen MR) is 21.0 cm³/mol. The second kappa shape index (κ2) is 2.64. The standard InChI is InChI=1S/C3H3O.Na/c1-2-3-4;/h2H,1H2;. The van der Waals surface area contributed by atoms with Crippen molar-refractivity contribution in [2.45, 2.75) is 0 Å². The Hall–Kier alpha value is 0.410. The van der Waals surface area contributed by atoms with E-state index in [4.69, 9.17) is 0 Å². The molecule has 0 saturated carbocycles. The topological polar surface area (TPSA) is 17.1 Å². The van der Waals surface area contributed by atoms with Crippen LogP contribution in [0.15, 0.2) is 12.7 Å². The van der Waals surface area contributed by atoms with Crippen molar-refractivity contribution in [3.05, 3.63) is 12.7 Å². The van der Waals surface area contributed by atoms with Crippen LogP contribution in [0.5, 0.6) is 0 Å². The molecule has 0 aliphatic rings. The molecule has 0 atom stereocenters. The number of carbonyl (C=O) groups is 1. The SMILES string of the molecule is C=C[C](=O)[Na]. The molecule has 0 unspecified atom stereocenters. The van der Waals surface area contributed by atoms with E-state index in [1.807, 2.05) is 0 Å². The third-order valence-corrected chi connectivity index (χ3v) is 0.696. The van der Waals surface area contributed by atoms with Gasteiger partial charge in [-0.1, -0.05) is 0 Å². The Balaban J connectivity index is 3.20. The summed E-state index contributed by atoms with van der Waals surface area (Å²) >= 11 is 0.613. The molecule has 2 heteroatoms. The van der Waals surface area contributed by atoms with E-state index in [9.17, 15) is 4.79 Å². The number of hydrogen-bond acceptors (Lipinski definition) is 1. The van der Waals surface area contributed by atoms with Crippen molar-refractivity contribution < 1.29 is 4.79 Å². The average molecular weight is 78.0 g/mol. The summed E-state index contributed by atoms with van der Waals surface area (Å²) in [7, 11) is 0. The second-order valence-corrected chi connectivity index (χ2v) is 1.80. The van der Waals surface area contributed by atoms with Gasteiger partial charge in [0, 0.05) is 0 Å². The van der Waals surface area contributed by atoms with Gasteiger partial charge in [0.2, 0.25) is 0 Å². The summed E-state index contributed by atoms with van der Waals surface area (Å²) in [6.07, 6.45) is 1.34. The Morgan fingerprint density at radius 2 is 2.20 bits per heavy atom. The molecule has 0 aliphatic heterocycles. The summed E-state index contributed by atoms with van der Waals surface area (Å²) in [4.78, 5) is 9.76. The molecule has 0 fully saturated rings. The maximum atomic E-state index is 9.76. The normalized spacial score (nSPS) is 6.80. The van der Waals surface area contributed by atoms with Crippen LogP contribution in [0.3, 0.4) is 0 Å². The molecule has 5 heavy (non-hydrogen) atoms. The Bertz CT molecular complexity index is 57.9. The Morgan fingerprint density at radius 1 is 2.00 bits per heavy atom. The Morgan fingerprint density at radius 3 is 2.20 bits per heavy atom. The number of hydrogen-bond donors (Lipinski definition) is 0. The van der Waals surface area contributed by atoms with Crippen LogP contribution in [-0.2, 0) is 4.79 Å². The first-order chi connectivity index (χ1) is 2.27. The van der Waals surface area contributed by atoms with Crippen LogP contribution in [0.1, 0.15) is 0 Å². The van der Waals surface area contributed by atoms with Crippen LogP contribution in [0.4, 0.5) is 0 Å². The molecule has 1 nitrogen and oxygen atoms in total. The van der Waals surface area contributed by atoms with Gasteiger partial charge in [-0.15, -0.1) is 0 Å². The van der Waals surface area contributed by atoms with Crippen molar-refractivity contribution in [3.63, 3.8) is 0 Å². The molecule has 0 aliphatic carbocycles. The monoisotopic (exact) mass is 78.0 g/mol. The van der Waals surface area contributed by atoms with Crippen LogP contribution in [0.2, 0.25) is 0 Å². The summed E-state index contributed by atoms with van der Waals surface area (Å²) in [5.41, 5.74) is 0. The van der Waals surface area contributed by atoms with E-state index >= 15 is 0 Å². The summed E-state index contributed by atoms with van der Waals surface area (Å²) in [5, 5.41) is 0. The fraction of sp³-hybridized carbons (Fsp3) is 0. The molecule has 0 heterocycles. The van der Waals surface area contributed by atoms with Crippen molar-refractivity contribution in [2.75, 3.05) is 0 Å². The molecule has 0 saturated heterocycles. The third kappa shape index (κ3) is 4.41. The first kappa shape index (κ1) is 5.41. The van der Waals surface area contributed by atoms with E-state index in [1.54, 1.807) is 0 Å². The van der Waals surface area contributed by atoms with E-state index in [1.165, 1.54) is 6.08 Å². The molecule has 0 spiro atoms. The van der Waals surface area contributed by atoms with Crippen molar-refractivity contribution in [1.29, 1.82) is 0 Å². The van der Waals surface area contributed by atoms with E-state index in [0.717, 1.165) is 0 Å².